The first-order valence-corrected chi connectivity index (χ1v) is 19.4. The average molecular weight is 734 g/mol. The summed E-state index contributed by atoms with van der Waals surface area (Å²) in [6, 6.07) is 12.4. The second kappa shape index (κ2) is 13.9. The number of benzene rings is 2. The number of ether oxygens (including phenoxy) is 2. The van der Waals surface area contributed by atoms with Crippen molar-refractivity contribution < 1.29 is 23.9 Å². The van der Waals surface area contributed by atoms with Gasteiger partial charge >= 0.3 is 12.2 Å². The van der Waals surface area contributed by atoms with Crippen LogP contribution in [-0.4, -0.2) is 79.2 Å². The molecule has 12 nitrogen and oxygen atoms in total. The van der Waals surface area contributed by atoms with Crippen molar-refractivity contribution in [2.45, 2.75) is 109 Å². The van der Waals surface area contributed by atoms with Crippen molar-refractivity contribution in [2.75, 3.05) is 13.7 Å². The fourth-order valence-electron chi connectivity index (χ4n) is 9.12. The molecule has 3 N–H and O–H groups in total. The molecule has 2 aromatic heterocycles. The minimum atomic E-state index is -0.668. The summed E-state index contributed by atoms with van der Waals surface area (Å²) in [7, 11) is 1.32. The summed E-state index contributed by atoms with van der Waals surface area (Å²) >= 11 is 0. The molecular formula is C42H51N7O5. The summed E-state index contributed by atoms with van der Waals surface area (Å²) in [6.45, 7) is 10.2. The lowest BCUT2D eigenvalue weighted by Gasteiger charge is -2.37. The molecule has 3 amide bonds. The van der Waals surface area contributed by atoms with Crippen LogP contribution in [0.15, 0.2) is 48.8 Å². The molecule has 2 saturated heterocycles. The number of likely N-dealkylation sites (tertiary alicyclic amines) is 2. The Hall–Kier alpha value is -5.13. The molecule has 4 aliphatic rings. The molecule has 2 aliphatic carbocycles. The molecule has 8 rings (SSSR count). The lowest BCUT2D eigenvalue weighted by Crippen LogP contribution is -2.54. The number of methoxy groups -OCH3 is 1. The molecule has 2 bridgehead atoms. The number of fused-ring (bicyclic) bond motifs is 5. The number of nitrogens with one attached hydrogen (secondary N) is 3. The fourth-order valence-corrected chi connectivity index (χ4v) is 9.12. The summed E-state index contributed by atoms with van der Waals surface area (Å²) in [5.74, 6) is 1.76. The molecule has 3 unspecified atom stereocenters. The van der Waals surface area contributed by atoms with Gasteiger partial charge in [0.1, 0.15) is 23.3 Å². The van der Waals surface area contributed by atoms with Crippen LogP contribution < -0.4 is 5.32 Å². The topological polar surface area (TPSA) is 146 Å². The molecule has 4 aromatic rings. The number of hydrogen-bond donors (Lipinski definition) is 3. The number of imidazole rings is 2. The maximum Gasteiger partial charge on any atom is 0.410 e. The Balaban J connectivity index is 0.993. The fraction of sp³-hybridized carbons (Fsp3) is 0.500. The number of nitrogens with zero attached hydrogens (tertiary/aromatic N) is 4. The van der Waals surface area contributed by atoms with Gasteiger partial charge in [-0.2, -0.15) is 0 Å². The van der Waals surface area contributed by atoms with E-state index in [0.29, 0.717) is 12.5 Å². The second-order valence-electron chi connectivity index (χ2n) is 16.7. The first-order valence-electron chi connectivity index (χ1n) is 19.4. The van der Waals surface area contributed by atoms with Crippen LogP contribution in [0.3, 0.4) is 0 Å². The van der Waals surface area contributed by atoms with Gasteiger partial charge in [-0.1, -0.05) is 38.1 Å². The smallest absolute Gasteiger partial charge is 0.410 e. The van der Waals surface area contributed by atoms with E-state index in [9.17, 15) is 14.4 Å². The standard InChI is InChI=1S/C42H51N7O5/c1-23(2)35(47-40(51)53-6)39(50)49-29-14-11-28(20-29)36(49)38-44-22-33(46-38)27-13-16-31-25(19-27)10-9-24-18-26(12-15-30(24)31)32-21-43-37(45-32)34-8-7-17-48(34)41(52)54-42(3,4)5/h12-13,15-16,18-19,21-23,28-29,34-36H,7-11,14,17,20H2,1-6H3,(H,43,45)(H,44,46)(H,47,51)/t28?,29?,34-,35-,36?/m0/s1. The zero-order valence-corrected chi connectivity index (χ0v) is 32.1. The number of carbonyl (C=O) groups excluding carboxylic acids is 3. The van der Waals surface area contributed by atoms with Crippen LogP contribution in [0, 0.1) is 11.8 Å². The van der Waals surface area contributed by atoms with Crippen LogP contribution in [0.5, 0.6) is 0 Å². The van der Waals surface area contributed by atoms with Crippen LogP contribution >= 0.6 is 0 Å². The van der Waals surface area contributed by atoms with Gasteiger partial charge in [-0.25, -0.2) is 19.6 Å². The van der Waals surface area contributed by atoms with E-state index in [0.717, 1.165) is 79.1 Å². The molecule has 12 heteroatoms. The number of aromatic amines is 2. The molecular weight excluding hydrogens is 683 g/mol. The van der Waals surface area contributed by atoms with Gasteiger partial charge in [0.25, 0.3) is 0 Å². The van der Waals surface area contributed by atoms with Gasteiger partial charge in [0.2, 0.25) is 5.91 Å². The molecule has 4 heterocycles. The van der Waals surface area contributed by atoms with E-state index in [4.69, 9.17) is 19.4 Å². The number of aryl methyl sites for hydroxylation is 2. The summed E-state index contributed by atoms with van der Waals surface area (Å²) in [6.07, 6.45) is 9.44. The first-order chi connectivity index (χ1) is 25.9. The highest BCUT2D eigenvalue weighted by Crippen LogP contribution is 2.50. The van der Waals surface area contributed by atoms with Crippen LogP contribution in [0.4, 0.5) is 9.59 Å². The minimum absolute atomic E-state index is 0.0761. The summed E-state index contributed by atoms with van der Waals surface area (Å²) in [5, 5.41) is 2.77. The van der Waals surface area contributed by atoms with Crippen molar-refractivity contribution in [3.05, 3.63) is 71.6 Å². The Bertz CT molecular complexity index is 2080. The summed E-state index contributed by atoms with van der Waals surface area (Å²) in [4.78, 5) is 59.4. The van der Waals surface area contributed by atoms with Crippen molar-refractivity contribution >= 4 is 18.1 Å². The Kier molecular flexibility index (Phi) is 9.26. The largest absolute Gasteiger partial charge is 0.453 e. The molecule has 3 fully saturated rings. The van der Waals surface area contributed by atoms with Gasteiger partial charge in [-0.15, -0.1) is 0 Å². The van der Waals surface area contributed by atoms with E-state index in [1.54, 1.807) is 4.90 Å². The maximum atomic E-state index is 14.0. The number of piperidine rings is 1. The van der Waals surface area contributed by atoms with E-state index >= 15 is 0 Å². The van der Waals surface area contributed by atoms with Crippen molar-refractivity contribution in [3.8, 4) is 33.6 Å². The number of amides is 3. The van der Waals surface area contributed by atoms with Gasteiger partial charge in [0.15, 0.2) is 0 Å². The number of carbonyl (C=O) groups is 3. The van der Waals surface area contributed by atoms with Crippen molar-refractivity contribution in [3.63, 3.8) is 0 Å². The molecule has 2 aromatic carbocycles. The van der Waals surface area contributed by atoms with Crippen LogP contribution in [-0.2, 0) is 27.1 Å². The van der Waals surface area contributed by atoms with E-state index in [1.807, 2.05) is 51.9 Å². The minimum Gasteiger partial charge on any atom is -0.453 e. The third-order valence-corrected chi connectivity index (χ3v) is 11.7. The Morgan fingerprint density at radius 3 is 2.13 bits per heavy atom. The highest BCUT2D eigenvalue weighted by molar-refractivity contribution is 5.87. The predicted octanol–water partition coefficient (Wildman–Crippen LogP) is 7.74. The normalized spacial score (nSPS) is 22.3. The first kappa shape index (κ1) is 35.9. The van der Waals surface area contributed by atoms with Crippen LogP contribution in [0.1, 0.15) is 102 Å². The molecule has 5 atom stereocenters. The number of hydrogen-bond acceptors (Lipinski definition) is 7. The molecule has 54 heavy (non-hydrogen) atoms. The number of aromatic nitrogens is 4. The highest BCUT2D eigenvalue weighted by atomic mass is 16.6. The maximum absolute atomic E-state index is 14.0. The van der Waals surface area contributed by atoms with Gasteiger partial charge < -0.3 is 29.7 Å². The van der Waals surface area contributed by atoms with Gasteiger partial charge in [0, 0.05) is 12.6 Å². The lowest BCUT2D eigenvalue weighted by atomic mass is 9.83. The van der Waals surface area contributed by atoms with Gasteiger partial charge in [-0.3, -0.25) is 9.69 Å². The number of alkyl carbamates (subject to hydrolysis) is 1. The lowest BCUT2D eigenvalue weighted by molar-refractivity contribution is -0.139. The highest BCUT2D eigenvalue weighted by Gasteiger charge is 2.51. The zero-order chi connectivity index (χ0) is 37.9. The quantitative estimate of drug-likeness (QED) is 0.176. The second-order valence-corrected chi connectivity index (χ2v) is 16.7. The molecule has 284 valence electrons. The SMILES string of the molecule is COC(=O)N[C@H](C(=O)N1C2CCC(C2)C1c1ncc(-c2ccc3c(c2)CCc2cc(-c4cnc([C@@H]5CCCN5C(=O)OC(C)(C)C)[nH]4)ccc2-3)[nH]1)C(C)C. The van der Waals surface area contributed by atoms with Gasteiger partial charge in [-0.05, 0) is 123 Å². The Morgan fingerprint density at radius 2 is 1.52 bits per heavy atom. The monoisotopic (exact) mass is 733 g/mol. The predicted molar refractivity (Wildman–Crippen MR) is 204 cm³/mol. The molecule has 1 saturated carbocycles. The van der Waals surface area contributed by atoms with Crippen molar-refractivity contribution in [2.24, 2.45) is 11.8 Å². The number of H-pyrrole nitrogens is 2. The van der Waals surface area contributed by atoms with E-state index in [-0.39, 0.29) is 36.0 Å². The van der Waals surface area contributed by atoms with Gasteiger partial charge in [0.05, 0.1) is 43.0 Å². The summed E-state index contributed by atoms with van der Waals surface area (Å²) in [5.41, 5.74) is 8.53. The third-order valence-electron chi connectivity index (χ3n) is 11.7. The molecule has 2 aliphatic heterocycles. The van der Waals surface area contributed by atoms with Crippen molar-refractivity contribution in [1.82, 2.24) is 35.1 Å². The van der Waals surface area contributed by atoms with Crippen LogP contribution in [0.2, 0.25) is 0 Å². The van der Waals surface area contributed by atoms with Crippen LogP contribution in [0.25, 0.3) is 33.6 Å². The summed E-state index contributed by atoms with van der Waals surface area (Å²) < 4.78 is 10.5. The van der Waals surface area contributed by atoms with Crippen molar-refractivity contribution in [1.29, 1.82) is 0 Å². The van der Waals surface area contributed by atoms with E-state index in [1.165, 1.54) is 29.4 Å². The molecule has 0 spiro atoms. The third kappa shape index (κ3) is 6.64. The van der Waals surface area contributed by atoms with E-state index < -0.39 is 17.7 Å². The molecule has 0 radical (unpaired) electrons. The Morgan fingerprint density at radius 1 is 0.889 bits per heavy atom. The Labute approximate surface area is 316 Å². The number of rotatable bonds is 7. The average Bonchev–Trinajstić information content (AvgIpc) is 4.00. The van der Waals surface area contributed by atoms with E-state index in [2.05, 4.69) is 51.7 Å². The zero-order valence-electron chi connectivity index (χ0n) is 32.1.